The highest BCUT2D eigenvalue weighted by Crippen LogP contribution is 2.43. The number of nitrogens with zero attached hydrogens (tertiary/aromatic N) is 1. The molecule has 1 aliphatic heterocycles. The summed E-state index contributed by atoms with van der Waals surface area (Å²) in [5.41, 5.74) is 2.30. The fraction of sp³-hybridized carbons (Fsp3) is 0.818. The van der Waals surface area contributed by atoms with E-state index in [0.717, 1.165) is 23.7 Å². The largest absolute Gasteiger partial charge is 0.407 e. The molecule has 1 heterocycles. The predicted octanol–water partition coefficient (Wildman–Crippen LogP) is 4.98. The van der Waals surface area contributed by atoms with Crippen LogP contribution >= 0.6 is 0 Å². The van der Waals surface area contributed by atoms with Crippen LogP contribution in [0.25, 0.3) is 0 Å². The van der Waals surface area contributed by atoms with Gasteiger partial charge in [-0.3, -0.25) is 9.59 Å². The summed E-state index contributed by atoms with van der Waals surface area (Å²) in [6.45, 7) is 13.2. The zero-order chi connectivity index (χ0) is 33.0. The van der Waals surface area contributed by atoms with Crippen LogP contribution in [-0.4, -0.2) is 111 Å². The van der Waals surface area contributed by atoms with E-state index in [0.29, 0.717) is 12.8 Å². The Balaban J connectivity index is 2.37. The number of carbonyl (C=O) groups excluding carboxylic acids is 2. The van der Waals surface area contributed by atoms with Crippen molar-refractivity contribution in [3.63, 3.8) is 0 Å². The molecular weight excluding hydrogens is 582 g/mol. The van der Waals surface area contributed by atoms with Crippen LogP contribution in [0.3, 0.4) is 0 Å². The van der Waals surface area contributed by atoms with E-state index in [1.54, 1.807) is 40.4 Å². The van der Waals surface area contributed by atoms with E-state index in [1.807, 2.05) is 6.92 Å². The van der Waals surface area contributed by atoms with Gasteiger partial charge in [-0.15, -0.1) is 0 Å². The molecule has 2 fully saturated rings. The van der Waals surface area contributed by atoms with Gasteiger partial charge in [-0.25, -0.2) is 0 Å². The predicted molar refractivity (Wildman–Crippen MR) is 173 cm³/mol. The number of piperidine rings is 1. The molecule has 1 amide bonds. The number of Topliss-reactive ketones (excluding diaryl/α,β-unsaturated/α-hetero) is 1. The number of allylic oxidation sites excluding steroid dienone is 2. The van der Waals surface area contributed by atoms with E-state index in [-0.39, 0.29) is 37.9 Å². The van der Waals surface area contributed by atoms with E-state index in [2.05, 4.69) is 46.8 Å². The lowest BCUT2D eigenvalue weighted by Gasteiger charge is -2.40. The summed E-state index contributed by atoms with van der Waals surface area (Å²) in [7, 11) is 6.17. The van der Waals surface area contributed by atoms with Crippen LogP contribution in [0.1, 0.15) is 54.4 Å². The van der Waals surface area contributed by atoms with Crippen LogP contribution in [0.5, 0.6) is 0 Å². The summed E-state index contributed by atoms with van der Waals surface area (Å²) in [6, 6.07) is 3.20. The molecule has 1 saturated carbocycles. The third-order valence-electron chi connectivity index (χ3n) is 9.85. The van der Waals surface area contributed by atoms with Crippen molar-refractivity contribution in [2.24, 2.45) is 17.8 Å². The summed E-state index contributed by atoms with van der Waals surface area (Å²) < 4.78 is 41.2. The average Bonchev–Trinajstić information content (AvgIpc) is 3.34. The second-order valence-electron chi connectivity index (χ2n) is 12.1. The van der Waals surface area contributed by atoms with Gasteiger partial charge in [0.15, 0.2) is 14.1 Å². The second kappa shape index (κ2) is 18.6. The Hall–Kier alpha value is -1.44. The Labute approximate surface area is 266 Å². The summed E-state index contributed by atoms with van der Waals surface area (Å²) in [6.07, 6.45) is 3.07. The molecule has 44 heavy (non-hydrogen) atoms. The molecule has 0 aromatic rings. The van der Waals surface area contributed by atoms with E-state index < -0.39 is 50.5 Å². The number of methoxy groups -OCH3 is 4. The van der Waals surface area contributed by atoms with Gasteiger partial charge >= 0.3 is 0 Å². The average molecular weight is 642 g/mol. The lowest BCUT2D eigenvalue weighted by molar-refractivity contribution is -0.166. The van der Waals surface area contributed by atoms with Gasteiger partial charge in [0.25, 0.3) is 0 Å². The number of ketones is 1. The molecule has 254 valence electrons. The second-order valence-corrected chi connectivity index (χ2v) is 16.9. The molecule has 0 aromatic heterocycles. The van der Waals surface area contributed by atoms with Crippen LogP contribution in [0, 0.1) is 17.8 Å². The highest BCUT2D eigenvalue weighted by molar-refractivity contribution is 6.73. The molecule has 0 N–H and O–H groups in total. The van der Waals surface area contributed by atoms with Gasteiger partial charge in [-0.05, 0) is 62.9 Å². The van der Waals surface area contributed by atoms with Crippen molar-refractivity contribution >= 4 is 20.0 Å². The van der Waals surface area contributed by atoms with Gasteiger partial charge in [-0.2, -0.15) is 0 Å². The van der Waals surface area contributed by atoms with E-state index in [1.165, 1.54) is 5.57 Å². The Morgan fingerprint density at radius 2 is 1.41 bits per heavy atom. The third-order valence-corrected chi connectivity index (χ3v) is 14.5. The molecule has 11 heteroatoms. The Morgan fingerprint density at radius 3 is 1.84 bits per heavy atom. The number of ether oxygens (including phenoxy) is 6. The maximum atomic E-state index is 14.2. The van der Waals surface area contributed by atoms with Gasteiger partial charge in [0.05, 0.1) is 24.2 Å². The molecule has 3 unspecified atom stereocenters. The number of hydrogen-bond donors (Lipinski definition) is 0. The van der Waals surface area contributed by atoms with E-state index >= 15 is 0 Å². The molecule has 0 spiro atoms. The molecule has 2 aliphatic rings. The van der Waals surface area contributed by atoms with Gasteiger partial charge in [0.2, 0.25) is 5.91 Å². The molecule has 2 rings (SSSR count). The van der Waals surface area contributed by atoms with Crippen molar-refractivity contribution in [3.05, 3.63) is 23.3 Å². The highest BCUT2D eigenvalue weighted by Gasteiger charge is 2.59. The minimum absolute atomic E-state index is 0.0186. The third kappa shape index (κ3) is 8.88. The normalized spacial score (nSPS) is 29.5. The van der Waals surface area contributed by atoms with Crippen molar-refractivity contribution in [1.82, 2.24) is 4.90 Å². The minimum atomic E-state index is -1.86. The SMILES string of the molecule is C/C=C(\C)[C@@H](O[Si](CC)(CC)CC)/C(C)=C\CCC1C(=O)C(C2[C@@H](OCOC)[C@@H](OC)[C@@H](OC)[C@H]2OCOC)CN(C)C1=O. The lowest BCUT2D eigenvalue weighted by Crippen LogP contribution is -2.55. The topological polar surface area (TPSA) is 102 Å². The molecule has 0 radical (unpaired) electrons. The van der Waals surface area contributed by atoms with Crippen LogP contribution in [0.2, 0.25) is 18.1 Å². The van der Waals surface area contributed by atoms with Crippen LogP contribution in [-0.2, 0) is 42.4 Å². The first-order valence-corrected chi connectivity index (χ1v) is 18.6. The van der Waals surface area contributed by atoms with Crippen molar-refractivity contribution < 1.29 is 42.4 Å². The molecule has 10 nitrogen and oxygen atoms in total. The van der Waals surface area contributed by atoms with Crippen LogP contribution < -0.4 is 0 Å². The molecule has 0 aromatic carbocycles. The van der Waals surface area contributed by atoms with Gasteiger partial charge in [0.1, 0.15) is 25.8 Å². The molecule has 1 aliphatic carbocycles. The zero-order valence-corrected chi connectivity index (χ0v) is 30.1. The Morgan fingerprint density at radius 1 is 0.886 bits per heavy atom. The molecule has 8 atom stereocenters. The molecular formula is C33H59NO9Si. The van der Waals surface area contributed by atoms with Gasteiger partial charge in [0, 0.05) is 53.9 Å². The van der Waals surface area contributed by atoms with Gasteiger partial charge < -0.3 is 37.7 Å². The standard InChI is InChI=1S/C33H59NO9Si/c1-12-22(5)28(43-44(13-2,14-3)15-4)23(6)17-16-18-24-27(35)25(19-34(7)33(24)36)26-29(41-20-37-8)31(39-10)32(40-11)30(26)42-21-38-9/h12,17,24-26,28-32H,13-16,18-21H2,1-11H3/b22-12+,23-17-/t24?,25?,26?,28-,29-,30+,31-,32+/m1/s1. The van der Waals surface area contributed by atoms with Gasteiger partial charge in [-0.1, -0.05) is 32.9 Å². The van der Waals surface area contributed by atoms with Crippen molar-refractivity contribution in [3.8, 4) is 0 Å². The molecule has 1 saturated heterocycles. The fourth-order valence-electron chi connectivity index (χ4n) is 6.93. The lowest BCUT2D eigenvalue weighted by atomic mass is 9.75. The summed E-state index contributed by atoms with van der Waals surface area (Å²) in [5, 5.41) is 0. The van der Waals surface area contributed by atoms with Crippen molar-refractivity contribution in [2.75, 3.05) is 55.6 Å². The molecule has 0 bridgehead atoms. The minimum Gasteiger partial charge on any atom is -0.407 e. The first-order chi connectivity index (χ1) is 21.0. The quantitative estimate of drug-likeness (QED) is 0.0837. The van der Waals surface area contributed by atoms with E-state index in [4.69, 9.17) is 32.8 Å². The maximum Gasteiger partial charge on any atom is 0.232 e. The van der Waals surface area contributed by atoms with Crippen molar-refractivity contribution in [2.45, 2.75) is 103 Å². The Kier molecular flexibility index (Phi) is 16.4. The Bertz CT molecular complexity index is 939. The van der Waals surface area contributed by atoms with Crippen molar-refractivity contribution in [1.29, 1.82) is 0 Å². The zero-order valence-electron chi connectivity index (χ0n) is 29.1. The van der Waals surface area contributed by atoms with Crippen LogP contribution in [0.15, 0.2) is 23.3 Å². The monoisotopic (exact) mass is 641 g/mol. The fourth-order valence-corrected chi connectivity index (χ4v) is 9.80. The summed E-state index contributed by atoms with van der Waals surface area (Å²) in [5.74, 6) is -2.00. The number of amides is 1. The highest BCUT2D eigenvalue weighted by atomic mass is 28.4. The summed E-state index contributed by atoms with van der Waals surface area (Å²) >= 11 is 0. The maximum absolute atomic E-state index is 14.2. The number of hydrogen-bond acceptors (Lipinski definition) is 9. The number of carbonyl (C=O) groups is 2. The number of likely N-dealkylation sites (tertiary alicyclic amines) is 1. The number of rotatable bonds is 19. The smallest absolute Gasteiger partial charge is 0.232 e. The first kappa shape index (κ1) is 38.7. The van der Waals surface area contributed by atoms with Crippen LogP contribution in [0.4, 0.5) is 0 Å². The summed E-state index contributed by atoms with van der Waals surface area (Å²) in [4.78, 5) is 29.3. The first-order valence-electron chi connectivity index (χ1n) is 16.1. The van der Waals surface area contributed by atoms with E-state index in [9.17, 15) is 9.59 Å².